The molecule has 0 aliphatic carbocycles. The van der Waals surface area contributed by atoms with E-state index in [1.807, 2.05) is 6.07 Å². The second-order valence-electron chi connectivity index (χ2n) is 4.08. The Morgan fingerprint density at radius 3 is 2.33 bits per heavy atom. The number of aryl methyl sites for hydroxylation is 1. The zero-order chi connectivity index (χ0) is 13.1. The predicted molar refractivity (Wildman–Crippen MR) is 71.0 cm³/mol. The predicted octanol–water partition coefficient (Wildman–Crippen LogP) is 3.90. The van der Waals surface area contributed by atoms with Gasteiger partial charge in [0.2, 0.25) is 0 Å². The summed E-state index contributed by atoms with van der Waals surface area (Å²) in [5.74, 6) is -1.09. The number of rotatable bonds is 4. The standard InChI is InChI=1S/C14H15F2NS/c1-3-12-4-5-13(18-12)14(17-2)9-6-10(15)8-11(16)7-9/h4-8,14,17H,3H2,1-2H3. The quantitative estimate of drug-likeness (QED) is 0.886. The molecular weight excluding hydrogens is 252 g/mol. The summed E-state index contributed by atoms with van der Waals surface area (Å²) in [7, 11) is 1.79. The van der Waals surface area contributed by atoms with Gasteiger partial charge in [0.05, 0.1) is 6.04 Å². The molecule has 1 N–H and O–H groups in total. The number of hydrogen-bond acceptors (Lipinski definition) is 2. The van der Waals surface area contributed by atoms with Crippen LogP contribution in [0.4, 0.5) is 8.78 Å². The van der Waals surface area contributed by atoms with Crippen LogP contribution in [0, 0.1) is 11.6 Å². The summed E-state index contributed by atoms with van der Waals surface area (Å²) >= 11 is 1.66. The van der Waals surface area contributed by atoms with Crippen LogP contribution >= 0.6 is 11.3 Å². The highest BCUT2D eigenvalue weighted by Crippen LogP contribution is 2.29. The lowest BCUT2D eigenvalue weighted by Gasteiger charge is -2.15. The Morgan fingerprint density at radius 1 is 1.17 bits per heavy atom. The Hall–Kier alpha value is -1.26. The molecule has 1 unspecified atom stereocenters. The fraction of sp³-hybridized carbons (Fsp3) is 0.286. The molecule has 0 amide bonds. The normalized spacial score (nSPS) is 12.7. The summed E-state index contributed by atoms with van der Waals surface area (Å²) < 4.78 is 26.5. The third-order valence-electron chi connectivity index (χ3n) is 2.82. The maximum absolute atomic E-state index is 13.2. The first-order chi connectivity index (χ1) is 8.63. The molecule has 0 fully saturated rings. The molecule has 0 bridgehead atoms. The van der Waals surface area contributed by atoms with Gasteiger partial charge < -0.3 is 5.32 Å². The molecule has 0 aliphatic rings. The highest BCUT2D eigenvalue weighted by Gasteiger charge is 2.15. The number of halogens is 2. The Morgan fingerprint density at radius 2 is 1.83 bits per heavy atom. The molecule has 0 radical (unpaired) electrons. The average Bonchev–Trinajstić information content (AvgIpc) is 2.77. The summed E-state index contributed by atoms with van der Waals surface area (Å²) in [4.78, 5) is 2.33. The number of benzene rings is 1. The summed E-state index contributed by atoms with van der Waals surface area (Å²) in [6, 6.07) is 7.53. The van der Waals surface area contributed by atoms with Crippen LogP contribution < -0.4 is 5.32 Å². The fourth-order valence-electron chi connectivity index (χ4n) is 1.95. The van der Waals surface area contributed by atoms with Crippen molar-refractivity contribution in [2.45, 2.75) is 19.4 Å². The van der Waals surface area contributed by atoms with Crippen molar-refractivity contribution in [3.8, 4) is 0 Å². The fourth-order valence-corrected chi connectivity index (χ4v) is 3.05. The lowest BCUT2D eigenvalue weighted by Crippen LogP contribution is -2.16. The van der Waals surface area contributed by atoms with Crippen LogP contribution in [-0.2, 0) is 6.42 Å². The molecule has 96 valence electrons. The second kappa shape index (κ2) is 5.59. The van der Waals surface area contributed by atoms with Crippen molar-refractivity contribution in [2.24, 2.45) is 0 Å². The van der Waals surface area contributed by atoms with Gasteiger partial charge in [-0.25, -0.2) is 8.78 Å². The lowest BCUT2D eigenvalue weighted by molar-refractivity contribution is 0.572. The van der Waals surface area contributed by atoms with Crippen molar-refractivity contribution in [3.63, 3.8) is 0 Å². The van der Waals surface area contributed by atoms with Crippen molar-refractivity contribution >= 4 is 11.3 Å². The van der Waals surface area contributed by atoms with Gasteiger partial charge >= 0.3 is 0 Å². The summed E-state index contributed by atoms with van der Waals surface area (Å²) in [6.07, 6.45) is 0.971. The van der Waals surface area contributed by atoms with Gasteiger partial charge in [-0.2, -0.15) is 0 Å². The third-order valence-corrected chi connectivity index (χ3v) is 4.12. The van der Waals surface area contributed by atoms with Crippen LogP contribution in [0.5, 0.6) is 0 Å². The minimum atomic E-state index is -0.544. The number of hydrogen-bond donors (Lipinski definition) is 1. The van der Waals surface area contributed by atoms with Crippen molar-refractivity contribution in [1.29, 1.82) is 0 Å². The molecule has 18 heavy (non-hydrogen) atoms. The van der Waals surface area contributed by atoms with Crippen LogP contribution in [0.2, 0.25) is 0 Å². The SMILES string of the molecule is CCc1ccc(C(NC)c2cc(F)cc(F)c2)s1. The number of thiophene rings is 1. The van der Waals surface area contributed by atoms with E-state index in [4.69, 9.17) is 0 Å². The molecule has 1 aromatic heterocycles. The van der Waals surface area contributed by atoms with Crippen LogP contribution in [0.25, 0.3) is 0 Å². The molecule has 0 spiro atoms. The maximum Gasteiger partial charge on any atom is 0.126 e. The zero-order valence-electron chi connectivity index (χ0n) is 10.3. The molecule has 0 saturated carbocycles. The Bertz CT molecular complexity index is 516. The van der Waals surface area contributed by atoms with E-state index >= 15 is 0 Å². The highest BCUT2D eigenvalue weighted by atomic mass is 32.1. The molecule has 1 aromatic carbocycles. The maximum atomic E-state index is 13.2. The molecule has 2 aromatic rings. The smallest absolute Gasteiger partial charge is 0.126 e. The van der Waals surface area contributed by atoms with Crippen molar-refractivity contribution in [3.05, 3.63) is 57.3 Å². The van der Waals surface area contributed by atoms with E-state index in [0.29, 0.717) is 5.56 Å². The first-order valence-electron chi connectivity index (χ1n) is 5.86. The topological polar surface area (TPSA) is 12.0 Å². The molecule has 2 rings (SSSR count). The van der Waals surface area contributed by atoms with E-state index in [9.17, 15) is 8.78 Å². The van der Waals surface area contributed by atoms with Crippen molar-refractivity contribution < 1.29 is 8.78 Å². The zero-order valence-corrected chi connectivity index (χ0v) is 11.2. The molecule has 0 aliphatic heterocycles. The van der Waals surface area contributed by atoms with Gasteiger partial charge in [-0.05, 0) is 43.3 Å². The average molecular weight is 267 g/mol. The largest absolute Gasteiger partial charge is 0.309 e. The lowest BCUT2D eigenvalue weighted by atomic mass is 10.1. The molecular formula is C14H15F2NS. The van der Waals surface area contributed by atoms with Crippen molar-refractivity contribution in [2.75, 3.05) is 7.05 Å². The molecule has 4 heteroatoms. The van der Waals surface area contributed by atoms with Gasteiger partial charge in [0.25, 0.3) is 0 Å². The van der Waals surface area contributed by atoms with E-state index < -0.39 is 11.6 Å². The Kier molecular flexibility index (Phi) is 4.09. The van der Waals surface area contributed by atoms with Crippen LogP contribution in [-0.4, -0.2) is 7.05 Å². The van der Waals surface area contributed by atoms with E-state index in [1.165, 1.54) is 17.0 Å². The molecule has 1 atom stereocenters. The van der Waals surface area contributed by atoms with Crippen LogP contribution in [0.3, 0.4) is 0 Å². The summed E-state index contributed by atoms with van der Waals surface area (Å²) in [5.41, 5.74) is 0.611. The van der Waals surface area contributed by atoms with E-state index in [1.54, 1.807) is 18.4 Å². The first-order valence-corrected chi connectivity index (χ1v) is 6.67. The Balaban J connectivity index is 2.38. The van der Waals surface area contributed by atoms with Gasteiger partial charge in [-0.15, -0.1) is 11.3 Å². The number of nitrogens with one attached hydrogen (secondary N) is 1. The van der Waals surface area contributed by atoms with Gasteiger partial charge in [0, 0.05) is 15.8 Å². The third kappa shape index (κ3) is 2.76. The van der Waals surface area contributed by atoms with Crippen LogP contribution in [0.15, 0.2) is 30.3 Å². The van der Waals surface area contributed by atoms with E-state index in [-0.39, 0.29) is 6.04 Å². The monoisotopic (exact) mass is 267 g/mol. The molecule has 1 heterocycles. The Labute approximate surface area is 109 Å². The second-order valence-corrected chi connectivity index (χ2v) is 5.28. The van der Waals surface area contributed by atoms with Crippen LogP contribution in [0.1, 0.15) is 28.3 Å². The minimum Gasteiger partial charge on any atom is -0.309 e. The highest BCUT2D eigenvalue weighted by molar-refractivity contribution is 7.12. The minimum absolute atomic E-state index is 0.166. The molecule has 1 nitrogen and oxygen atoms in total. The van der Waals surface area contributed by atoms with E-state index in [2.05, 4.69) is 18.3 Å². The van der Waals surface area contributed by atoms with Gasteiger partial charge in [-0.3, -0.25) is 0 Å². The van der Waals surface area contributed by atoms with E-state index in [0.717, 1.165) is 17.4 Å². The van der Waals surface area contributed by atoms with Gasteiger partial charge in [0.1, 0.15) is 11.6 Å². The molecule has 0 saturated heterocycles. The first kappa shape index (κ1) is 13.2. The summed E-state index contributed by atoms with van der Waals surface area (Å²) in [5, 5.41) is 3.10. The summed E-state index contributed by atoms with van der Waals surface area (Å²) in [6.45, 7) is 2.09. The van der Waals surface area contributed by atoms with Gasteiger partial charge in [0.15, 0.2) is 0 Å². The van der Waals surface area contributed by atoms with Gasteiger partial charge in [-0.1, -0.05) is 6.92 Å². The van der Waals surface area contributed by atoms with Crippen molar-refractivity contribution in [1.82, 2.24) is 5.32 Å².